The number of amides is 1. The van der Waals surface area contributed by atoms with E-state index < -0.39 is 0 Å². The van der Waals surface area contributed by atoms with Gasteiger partial charge in [-0.2, -0.15) is 0 Å². The van der Waals surface area contributed by atoms with Gasteiger partial charge in [0, 0.05) is 23.7 Å². The maximum absolute atomic E-state index is 11.2. The molecule has 0 unspecified atom stereocenters. The summed E-state index contributed by atoms with van der Waals surface area (Å²) in [6.07, 6.45) is 1.64. The molecule has 2 aromatic carbocycles. The van der Waals surface area contributed by atoms with Crippen molar-refractivity contribution in [1.29, 1.82) is 0 Å². The van der Waals surface area contributed by atoms with Crippen molar-refractivity contribution in [3.8, 4) is 22.8 Å². The SMILES string of the molecule is CC(=O)Nc1cccc(-c2nc3ccc(-c4ccco4)cc3o2)c1. The lowest BCUT2D eigenvalue weighted by Gasteiger charge is -2.02. The Morgan fingerprint density at radius 2 is 1.96 bits per heavy atom. The molecule has 4 rings (SSSR count). The molecule has 0 aliphatic carbocycles. The lowest BCUT2D eigenvalue weighted by molar-refractivity contribution is -0.114. The molecule has 2 aromatic heterocycles. The highest BCUT2D eigenvalue weighted by Gasteiger charge is 2.11. The summed E-state index contributed by atoms with van der Waals surface area (Å²) in [5.74, 6) is 1.17. The van der Waals surface area contributed by atoms with Gasteiger partial charge in [-0.25, -0.2) is 4.98 Å². The number of hydrogen-bond donors (Lipinski definition) is 1. The van der Waals surface area contributed by atoms with Gasteiger partial charge in [0.05, 0.1) is 6.26 Å². The second kappa shape index (κ2) is 5.70. The van der Waals surface area contributed by atoms with Crippen LogP contribution in [0.3, 0.4) is 0 Å². The van der Waals surface area contributed by atoms with Crippen LogP contribution in [0.25, 0.3) is 33.9 Å². The topological polar surface area (TPSA) is 68.3 Å². The Balaban J connectivity index is 1.74. The standard InChI is InChI=1S/C19H14N2O3/c1-12(22)20-15-5-2-4-14(10-15)19-21-16-8-7-13(11-18(16)24-19)17-6-3-9-23-17/h2-11H,1H3,(H,20,22). The Hall–Kier alpha value is -3.34. The van der Waals surface area contributed by atoms with E-state index in [1.807, 2.05) is 54.6 Å². The van der Waals surface area contributed by atoms with Crippen LogP contribution < -0.4 is 5.32 Å². The number of anilines is 1. The number of oxazole rings is 1. The van der Waals surface area contributed by atoms with E-state index in [9.17, 15) is 4.79 Å². The first kappa shape index (κ1) is 14.3. The molecule has 0 saturated heterocycles. The molecule has 1 amide bonds. The minimum absolute atomic E-state index is 0.118. The third-order valence-corrected chi connectivity index (χ3v) is 3.62. The zero-order chi connectivity index (χ0) is 16.5. The molecule has 5 nitrogen and oxygen atoms in total. The summed E-state index contributed by atoms with van der Waals surface area (Å²) in [5.41, 5.74) is 3.90. The molecule has 0 aliphatic rings. The lowest BCUT2D eigenvalue weighted by atomic mass is 10.1. The molecule has 2 heterocycles. The number of aromatic nitrogens is 1. The average Bonchev–Trinajstić information content (AvgIpc) is 3.23. The van der Waals surface area contributed by atoms with Gasteiger partial charge in [-0.15, -0.1) is 0 Å². The molecule has 0 bridgehead atoms. The lowest BCUT2D eigenvalue weighted by Crippen LogP contribution is -2.05. The van der Waals surface area contributed by atoms with Crippen LogP contribution in [0.5, 0.6) is 0 Å². The van der Waals surface area contributed by atoms with Crippen molar-refractivity contribution in [1.82, 2.24) is 4.98 Å². The fraction of sp³-hybridized carbons (Fsp3) is 0.0526. The Kier molecular flexibility index (Phi) is 3.39. The molecule has 1 N–H and O–H groups in total. The highest BCUT2D eigenvalue weighted by atomic mass is 16.3. The van der Waals surface area contributed by atoms with E-state index in [-0.39, 0.29) is 5.91 Å². The van der Waals surface area contributed by atoms with Crippen molar-refractivity contribution in [2.45, 2.75) is 6.92 Å². The summed E-state index contributed by atoms with van der Waals surface area (Å²) in [4.78, 5) is 15.7. The first-order chi connectivity index (χ1) is 11.7. The van der Waals surface area contributed by atoms with E-state index in [4.69, 9.17) is 8.83 Å². The maximum Gasteiger partial charge on any atom is 0.227 e. The van der Waals surface area contributed by atoms with Crippen LogP contribution in [0, 0.1) is 0 Å². The number of hydrogen-bond acceptors (Lipinski definition) is 4. The van der Waals surface area contributed by atoms with E-state index in [0.29, 0.717) is 17.2 Å². The van der Waals surface area contributed by atoms with Crippen LogP contribution in [-0.2, 0) is 4.79 Å². The van der Waals surface area contributed by atoms with Crippen LogP contribution in [0.1, 0.15) is 6.92 Å². The molecular formula is C19H14N2O3. The Morgan fingerprint density at radius 1 is 1.04 bits per heavy atom. The summed E-state index contributed by atoms with van der Waals surface area (Å²) >= 11 is 0. The van der Waals surface area contributed by atoms with Gasteiger partial charge in [0.2, 0.25) is 11.8 Å². The number of rotatable bonds is 3. The summed E-state index contributed by atoms with van der Waals surface area (Å²) in [5, 5.41) is 2.76. The number of benzene rings is 2. The monoisotopic (exact) mass is 318 g/mol. The highest BCUT2D eigenvalue weighted by molar-refractivity contribution is 5.89. The Labute approximate surface area is 137 Å². The molecule has 118 valence electrons. The van der Waals surface area contributed by atoms with Crippen molar-refractivity contribution in [3.63, 3.8) is 0 Å². The van der Waals surface area contributed by atoms with E-state index in [0.717, 1.165) is 22.4 Å². The number of fused-ring (bicyclic) bond motifs is 1. The smallest absolute Gasteiger partial charge is 0.227 e. The molecule has 0 radical (unpaired) electrons. The van der Waals surface area contributed by atoms with E-state index in [1.54, 1.807) is 6.26 Å². The van der Waals surface area contributed by atoms with Crippen LogP contribution in [0.4, 0.5) is 5.69 Å². The number of carbonyl (C=O) groups is 1. The molecule has 24 heavy (non-hydrogen) atoms. The second-order valence-electron chi connectivity index (χ2n) is 5.44. The van der Waals surface area contributed by atoms with Crippen LogP contribution in [-0.4, -0.2) is 10.9 Å². The van der Waals surface area contributed by atoms with Crippen molar-refractivity contribution in [3.05, 3.63) is 60.9 Å². The van der Waals surface area contributed by atoms with Gasteiger partial charge < -0.3 is 14.2 Å². The van der Waals surface area contributed by atoms with E-state index in [1.165, 1.54) is 6.92 Å². The van der Waals surface area contributed by atoms with E-state index >= 15 is 0 Å². The molecule has 0 fully saturated rings. The van der Waals surface area contributed by atoms with Gasteiger partial charge in [-0.3, -0.25) is 4.79 Å². The molecule has 0 atom stereocenters. The predicted molar refractivity (Wildman–Crippen MR) is 91.5 cm³/mol. The first-order valence-electron chi connectivity index (χ1n) is 7.51. The molecule has 5 heteroatoms. The fourth-order valence-corrected chi connectivity index (χ4v) is 2.58. The summed E-state index contributed by atoms with van der Waals surface area (Å²) in [6, 6.07) is 16.9. The molecule has 4 aromatic rings. The number of nitrogens with one attached hydrogen (secondary N) is 1. The molecular weight excluding hydrogens is 304 g/mol. The maximum atomic E-state index is 11.2. The van der Waals surface area contributed by atoms with Crippen LogP contribution in [0.15, 0.2) is 69.7 Å². The number of carbonyl (C=O) groups excluding carboxylic acids is 1. The molecule has 0 spiro atoms. The number of nitrogens with zero attached hydrogens (tertiary/aromatic N) is 1. The fourth-order valence-electron chi connectivity index (χ4n) is 2.58. The molecule has 0 saturated carbocycles. The first-order valence-corrected chi connectivity index (χ1v) is 7.51. The van der Waals surface area contributed by atoms with Crippen molar-refractivity contribution in [2.24, 2.45) is 0 Å². The van der Waals surface area contributed by atoms with Gasteiger partial charge in [-0.1, -0.05) is 6.07 Å². The predicted octanol–water partition coefficient (Wildman–Crippen LogP) is 4.71. The Bertz CT molecular complexity index is 1020. The minimum Gasteiger partial charge on any atom is -0.464 e. The van der Waals surface area contributed by atoms with E-state index in [2.05, 4.69) is 10.3 Å². The van der Waals surface area contributed by atoms with Gasteiger partial charge in [-0.05, 0) is 48.5 Å². The zero-order valence-corrected chi connectivity index (χ0v) is 12.9. The third-order valence-electron chi connectivity index (χ3n) is 3.62. The Morgan fingerprint density at radius 3 is 2.75 bits per heavy atom. The summed E-state index contributed by atoms with van der Waals surface area (Å²) in [7, 11) is 0. The highest BCUT2D eigenvalue weighted by Crippen LogP contribution is 2.29. The van der Waals surface area contributed by atoms with Gasteiger partial charge in [0.25, 0.3) is 0 Å². The van der Waals surface area contributed by atoms with Crippen molar-refractivity contribution < 1.29 is 13.6 Å². The quantitative estimate of drug-likeness (QED) is 0.594. The third kappa shape index (κ3) is 2.67. The molecule has 0 aliphatic heterocycles. The van der Waals surface area contributed by atoms with Crippen LogP contribution in [0.2, 0.25) is 0 Å². The summed E-state index contributed by atoms with van der Waals surface area (Å²) in [6.45, 7) is 1.47. The van der Waals surface area contributed by atoms with Crippen LogP contribution >= 0.6 is 0 Å². The van der Waals surface area contributed by atoms with Crippen molar-refractivity contribution in [2.75, 3.05) is 5.32 Å². The van der Waals surface area contributed by atoms with Crippen molar-refractivity contribution >= 4 is 22.7 Å². The minimum atomic E-state index is -0.118. The van der Waals surface area contributed by atoms with Gasteiger partial charge in [0.1, 0.15) is 11.3 Å². The summed E-state index contributed by atoms with van der Waals surface area (Å²) < 4.78 is 11.3. The average molecular weight is 318 g/mol. The zero-order valence-electron chi connectivity index (χ0n) is 12.9. The largest absolute Gasteiger partial charge is 0.464 e. The van der Waals surface area contributed by atoms with Gasteiger partial charge >= 0.3 is 0 Å². The second-order valence-corrected chi connectivity index (χ2v) is 5.44. The normalized spacial score (nSPS) is 10.9. The van der Waals surface area contributed by atoms with Gasteiger partial charge in [0.15, 0.2) is 5.58 Å². The number of furan rings is 1.